The Morgan fingerprint density at radius 2 is 2.03 bits per heavy atom. The Morgan fingerprint density at radius 3 is 2.79 bits per heavy atom. The third kappa shape index (κ3) is 3.77. The minimum Gasteiger partial charge on any atom is -0.329 e. The molecule has 0 spiro atoms. The molecule has 0 amide bonds. The summed E-state index contributed by atoms with van der Waals surface area (Å²) in [5, 5.41) is 9.30. The molecular formula is C25H23N3O. The van der Waals surface area contributed by atoms with Crippen molar-refractivity contribution >= 4 is 6.08 Å². The first kappa shape index (κ1) is 18.9. The quantitative estimate of drug-likeness (QED) is 0.699. The van der Waals surface area contributed by atoms with E-state index in [4.69, 9.17) is 0 Å². The number of aromatic amines is 1. The normalized spacial score (nSPS) is 20.9. The number of nitriles is 1. The van der Waals surface area contributed by atoms with E-state index in [1.54, 1.807) is 12.3 Å². The SMILES string of the molecule is C[C@H]1Cc2c[nH]c(=O)cc2C(/C=C/c2ccc(-c3ccccc3C#N)cn2)[C@@H]1C. The monoisotopic (exact) mass is 381 g/mol. The second kappa shape index (κ2) is 7.89. The van der Waals surface area contributed by atoms with E-state index < -0.39 is 0 Å². The molecule has 3 atom stereocenters. The molecule has 4 heteroatoms. The average Bonchev–Trinajstić information content (AvgIpc) is 2.75. The Morgan fingerprint density at radius 1 is 1.21 bits per heavy atom. The van der Waals surface area contributed by atoms with Gasteiger partial charge in [-0.2, -0.15) is 5.26 Å². The van der Waals surface area contributed by atoms with Gasteiger partial charge in [-0.05, 0) is 47.6 Å². The molecule has 1 N–H and O–H groups in total. The van der Waals surface area contributed by atoms with Gasteiger partial charge in [0.05, 0.1) is 17.3 Å². The lowest BCUT2D eigenvalue weighted by Gasteiger charge is -2.34. The summed E-state index contributed by atoms with van der Waals surface area (Å²) in [5.41, 5.74) is 5.61. The molecule has 0 radical (unpaired) electrons. The smallest absolute Gasteiger partial charge is 0.248 e. The zero-order valence-corrected chi connectivity index (χ0v) is 16.6. The van der Waals surface area contributed by atoms with E-state index in [1.807, 2.05) is 48.7 Å². The lowest BCUT2D eigenvalue weighted by Crippen LogP contribution is -2.26. The Labute approximate surface area is 170 Å². The number of H-pyrrole nitrogens is 1. The number of benzene rings is 1. The number of pyridine rings is 2. The van der Waals surface area contributed by atoms with Gasteiger partial charge >= 0.3 is 0 Å². The summed E-state index contributed by atoms with van der Waals surface area (Å²) in [7, 11) is 0. The first-order chi connectivity index (χ1) is 14.1. The predicted octanol–water partition coefficient (Wildman–Crippen LogP) is 4.93. The Kier molecular flexibility index (Phi) is 5.14. The molecule has 144 valence electrons. The van der Waals surface area contributed by atoms with Crippen molar-refractivity contribution in [3.8, 4) is 17.2 Å². The van der Waals surface area contributed by atoms with E-state index in [2.05, 4.69) is 36.0 Å². The van der Waals surface area contributed by atoms with Gasteiger partial charge in [-0.25, -0.2) is 0 Å². The molecule has 1 aliphatic rings. The van der Waals surface area contributed by atoms with Crippen molar-refractivity contribution in [3.05, 3.63) is 93.7 Å². The van der Waals surface area contributed by atoms with Crippen LogP contribution in [0.2, 0.25) is 0 Å². The molecule has 3 aromatic rings. The lowest BCUT2D eigenvalue weighted by molar-refractivity contribution is 0.331. The van der Waals surface area contributed by atoms with Gasteiger partial charge in [0.2, 0.25) is 5.56 Å². The number of aromatic nitrogens is 2. The topological polar surface area (TPSA) is 69.5 Å². The standard InChI is InChI=1S/C25H23N3O/c1-16-11-20-15-28-25(29)12-24(20)22(17(16)2)10-9-21-8-7-19(14-27-21)23-6-4-3-5-18(23)13-26/h3-10,12,14-17,22H,11H2,1-2H3,(H,28,29)/b10-9+/t16-,17+,22?/m0/s1. The summed E-state index contributed by atoms with van der Waals surface area (Å²) in [6.45, 7) is 4.51. The zero-order chi connectivity index (χ0) is 20.4. The van der Waals surface area contributed by atoms with Crippen LogP contribution in [0.3, 0.4) is 0 Å². The molecule has 1 aromatic carbocycles. The maximum Gasteiger partial charge on any atom is 0.248 e. The minimum atomic E-state index is -0.0532. The minimum absolute atomic E-state index is 0.0532. The molecule has 0 saturated carbocycles. The van der Waals surface area contributed by atoms with Crippen molar-refractivity contribution in [1.82, 2.24) is 9.97 Å². The number of allylic oxidation sites excluding steroid dienone is 1. The van der Waals surface area contributed by atoms with Gasteiger partial charge in [0.1, 0.15) is 0 Å². The van der Waals surface area contributed by atoms with Crippen molar-refractivity contribution < 1.29 is 0 Å². The van der Waals surface area contributed by atoms with Crippen molar-refractivity contribution in [1.29, 1.82) is 5.26 Å². The molecule has 4 rings (SSSR count). The first-order valence-electron chi connectivity index (χ1n) is 9.92. The van der Waals surface area contributed by atoms with Crippen LogP contribution in [0.25, 0.3) is 17.2 Å². The molecular weight excluding hydrogens is 358 g/mol. The predicted molar refractivity (Wildman–Crippen MR) is 115 cm³/mol. The van der Waals surface area contributed by atoms with E-state index in [0.29, 0.717) is 17.4 Å². The molecule has 0 aliphatic heterocycles. The second-order valence-electron chi connectivity index (χ2n) is 7.83. The van der Waals surface area contributed by atoms with Gasteiger partial charge in [0, 0.05) is 35.5 Å². The second-order valence-corrected chi connectivity index (χ2v) is 7.83. The molecule has 2 heterocycles. The van der Waals surface area contributed by atoms with Gasteiger partial charge in [0.25, 0.3) is 0 Å². The lowest BCUT2D eigenvalue weighted by atomic mass is 9.71. The summed E-state index contributed by atoms with van der Waals surface area (Å²) in [5.74, 6) is 1.18. The van der Waals surface area contributed by atoms with Crippen LogP contribution in [0.15, 0.2) is 65.7 Å². The van der Waals surface area contributed by atoms with Crippen LogP contribution < -0.4 is 5.56 Å². The third-order valence-corrected chi connectivity index (χ3v) is 6.03. The van der Waals surface area contributed by atoms with E-state index in [-0.39, 0.29) is 11.5 Å². The van der Waals surface area contributed by atoms with Crippen LogP contribution in [0.4, 0.5) is 0 Å². The van der Waals surface area contributed by atoms with E-state index in [1.165, 1.54) is 5.56 Å². The average molecular weight is 381 g/mol. The highest BCUT2D eigenvalue weighted by Gasteiger charge is 2.30. The van der Waals surface area contributed by atoms with Crippen LogP contribution in [-0.2, 0) is 6.42 Å². The van der Waals surface area contributed by atoms with Crippen molar-refractivity contribution in [2.45, 2.75) is 26.2 Å². The summed E-state index contributed by atoms with van der Waals surface area (Å²) in [6, 6.07) is 15.5. The molecule has 0 bridgehead atoms. The number of fused-ring (bicyclic) bond motifs is 1. The fourth-order valence-electron chi connectivity index (χ4n) is 4.15. The highest BCUT2D eigenvalue weighted by Crippen LogP contribution is 2.39. The summed E-state index contributed by atoms with van der Waals surface area (Å²) in [4.78, 5) is 19.2. The maximum atomic E-state index is 11.9. The Bertz CT molecular complexity index is 1150. The van der Waals surface area contributed by atoms with Crippen LogP contribution in [-0.4, -0.2) is 9.97 Å². The molecule has 0 saturated heterocycles. The van der Waals surface area contributed by atoms with Crippen molar-refractivity contribution in [2.75, 3.05) is 0 Å². The van der Waals surface area contributed by atoms with Gasteiger partial charge in [-0.15, -0.1) is 0 Å². The molecule has 0 fully saturated rings. The van der Waals surface area contributed by atoms with Crippen molar-refractivity contribution in [3.63, 3.8) is 0 Å². The highest BCUT2D eigenvalue weighted by atomic mass is 16.1. The van der Waals surface area contributed by atoms with Gasteiger partial charge in [0.15, 0.2) is 0 Å². The van der Waals surface area contributed by atoms with Crippen LogP contribution in [0.1, 0.15) is 42.1 Å². The van der Waals surface area contributed by atoms with Gasteiger partial charge in [-0.3, -0.25) is 9.78 Å². The molecule has 1 aliphatic carbocycles. The fourth-order valence-corrected chi connectivity index (χ4v) is 4.15. The van der Waals surface area contributed by atoms with Crippen LogP contribution in [0.5, 0.6) is 0 Å². The number of hydrogen-bond donors (Lipinski definition) is 1. The largest absolute Gasteiger partial charge is 0.329 e. The van der Waals surface area contributed by atoms with E-state index in [9.17, 15) is 10.1 Å². The fraction of sp³-hybridized carbons (Fsp3) is 0.240. The molecule has 4 nitrogen and oxygen atoms in total. The highest BCUT2D eigenvalue weighted by molar-refractivity contribution is 5.70. The Balaban J connectivity index is 1.62. The molecule has 2 aromatic heterocycles. The van der Waals surface area contributed by atoms with Crippen LogP contribution in [0, 0.1) is 23.2 Å². The third-order valence-electron chi connectivity index (χ3n) is 6.03. The summed E-state index contributed by atoms with van der Waals surface area (Å²) in [6.07, 6.45) is 8.86. The first-order valence-corrected chi connectivity index (χ1v) is 9.92. The van der Waals surface area contributed by atoms with Crippen LogP contribution >= 0.6 is 0 Å². The number of hydrogen-bond acceptors (Lipinski definition) is 3. The van der Waals surface area contributed by atoms with Crippen molar-refractivity contribution in [2.24, 2.45) is 11.8 Å². The Hall–Kier alpha value is -3.45. The number of rotatable bonds is 3. The molecule has 29 heavy (non-hydrogen) atoms. The zero-order valence-electron chi connectivity index (χ0n) is 16.6. The van der Waals surface area contributed by atoms with E-state index >= 15 is 0 Å². The number of nitrogens with zero attached hydrogens (tertiary/aromatic N) is 2. The molecule has 1 unspecified atom stereocenters. The van der Waals surface area contributed by atoms with E-state index in [0.717, 1.165) is 28.8 Å². The maximum absolute atomic E-state index is 11.9. The van der Waals surface area contributed by atoms with Gasteiger partial charge in [-0.1, -0.05) is 44.2 Å². The summed E-state index contributed by atoms with van der Waals surface area (Å²) >= 11 is 0. The van der Waals surface area contributed by atoms with Gasteiger partial charge < -0.3 is 4.98 Å². The summed E-state index contributed by atoms with van der Waals surface area (Å²) < 4.78 is 0. The number of nitrogens with one attached hydrogen (secondary N) is 1.